The summed E-state index contributed by atoms with van der Waals surface area (Å²) in [6.07, 6.45) is 13.6. The minimum absolute atomic E-state index is 0.0186. The largest absolute Gasteiger partial charge is 0.478 e. The number of rotatable bonds is 31. The molecule has 10 aromatic carbocycles. The lowest BCUT2D eigenvalue weighted by Crippen LogP contribution is -2.36. The fraction of sp³-hybridized carbons (Fsp3) is 0.204. The summed E-state index contributed by atoms with van der Waals surface area (Å²) >= 11 is 0. The van der Waals surface area contributed by atoms with Crippen molar-refractivity contribution in [3.63, 3.8) is 0 Å². The molecule has 0 radical (unpaired) electrons. The quantitative estimate of drug-likeness (QED) is 0.0109. The number of halogens is 3. The van der Waals surface area contributed by atoms with Crippen molar-refractivity contribution in [1.29, 1.82) is 0 Å². The number of nitrogens with zero attached hydrogens (tertiary/aromatic N) is 17. The molecule has 20 aromatic rings. The van der Waals surface area contributed by atoms with Gasteiger partial charge in [-0.05, 0) is 193 Å². The number of aryl methyl sites for hydroxylation is 2. The van der Waals surface area contributed by atoms with Crippen LogP contribution in [0.2, 0.25) is 0 Å². The van der Waals surface area contributed by atoms with Gasteiger partial charge in [0.15, 0.2) is 34.9 Å². The van der Waals surface area contributed by atoms with Gasteiger partial charge >= 0.3 is 30.1 Å². The third kappa shape index (κ3) is 24.9. The summed E-state index contributed by atoms with van der Waals surface area (Å²) in [6, 6.07) is 69.0. The van der Waals surface area contributed by atoms with Gasteiger partial charge in [0.2, 0.25) is 11.9 Å². The Balaban J connectivity index is 0.000000123. The van der Waals surface area contributed by atoms with Crippen LogP contribution in [-0.4, -0.2) is 200 Å². The maximum absolute atomic E-state index is 13.0. The van der Waals surface area contributed by atoms with Crippen molar-refractivity contribution in [2.75, 3.05) is 96.2 Å². The van der Waals surface area contributed by atoms with Crippen LogP contribution in [0.1, 0.15) is 135 Å². The minimum atomic E-state index is -4.48. The van der Waals surface area contributed by atoms with Crippen LogP contribution >= 0.6 is 0 Å². The smallest absolute Gasteiger partial charge is 0.416 e. The van der Waals surface area contributed by atoms with E-state index in [1.165, 1.54) is 30.6 Å². The second-order valence-electron chi connectivity index (χ2n) is 35.6. The van der Waals surface area contributed by atoms with Gasteiger partial charge in [0.1, 0.15) is 45.6 Å². The van der Waals surface area contributed by atoms with Crippen LogP contribution in [0.5, 0.6) is 0 Å². The normalized spacial score (nSPS) is 12.5. The zero-order chi connectivity index (χ0) is 104. The SMILES string of the molecule is CC(=O)c1ccc2c(c1)nc(Nc1ccccc1)c1nc(CCCCN3CCOCC3)ncc12.CCCNc1ncc2c(n1)c(Nc1ccccc1)nc1cc(C(=O)O)ccc12.CCN(CC)CCCc1ncc2c(n1)c(Nc1ccccc1)nc1cc(C(=O)O)ccc12.O=C(O)c1ccc2c(c1)nc(Nc1cccc(C(F)(F)F)c1)c1ncncc12.O=C(O)c1ccc2c(c1)nc(Nc1ccccc1)c1nc(NC3CC3)ncc12. The van der Waals surface area contributed by atoms with E-state index in [1.54, 1.807) is 86.2 Å². The standard InChI is InChI=1S/C27H29N5O2.C25H27N5O2.C21H17N5O2.C21H19N5O2.C19H11F3N4O2/c1-19(33)20-10-11-22-23-18-28-25(9-5-6-12-32-13-15-34-16-14-32)31-26(23)27(30-24(22)17-20)29-21-7-3-2-4-8-21;1-3-30(4-2)14-8-11-22-26-16-20-19-13-12-17(25(31)32)15-21(19)28-24(23(20)29-22)27-18-9-6-5-7-10-18;27-20(28)12-6-9-15-16-11-22-21(24-14-7-8-14)26-18(16)19(25-17(15)10-12)23-13-4-2-1-3-5-13;1-2-10-22-21-23-12-16-15-9-8-13(20(27)28)11-17(15)25-19(18(16)26-21)24-14-6-4-3-5-7-14;20-19(21,22)11-2-1-3-12(7-11)25-17-16-14(8-23-9-24-16)13-5-4-10(18(27)28)6-15(13)26-17/h2-4,7-8,10-11,17-18H,5-6,9,12-16H2,1H3,(H,29,30);5-7,9-10,12-13,15-16H,3-4,8,11,14H2,1-2H3,(H,27,28)(H,31,32);1-6,9-11,14H,7-8H2,(H,23,25)(H,27,28)(H,22,24,26);3-9,11-12H,2,10H2,1H3,(H,24,25)(H,27,28)(H,22,23,26);1-9H,(H,25,26)(H,27,28). The van der Waals surface area contributed by atoms with Gasteiger partial charge in [-0.2, -0.15) is 13.2 Å². The third-order valence-electron chi connectivity index (χ3n) is 25.1. The number of fused-ring (bicyclic) bond motifs is 15. The molecule has 22 rings (SSSR count). The molecule has 150 heavy (non-hydrogen) atoms. The van der Waals surface area contributed by atoms with Crippen LogP contribution in [0.3, 0.4) is 0 Å². The highest BCUT2D eigenvalue weighted by Crippen LogP contribution is 2.40. The second kappa shape index (κ2) is 46.9. The summed E-state index contributed by atoms with van der Waals surface area (Å²) in [5.41, 5.74) is 10.4. The molecule has 11 heterocycles. The molecular weight excluding hydrogens is 1910 g/mol. The number of Topliss-reactive ketones (excluding diaryl/α,β-unsaturated/α-hetero) is 1. The number of morpholine rings is 1. The van der Waals surface area contributed by atoms with E-state index in [-0.39, 0.29) is 39.5 Å². The Bertz CT molecular complexity index is 8400. The third-order valence-corrected chi connectivity index (χ3v) is 25.1. The molecule has 756 valence electrons. The zero-order valence-electron chi connectivity index (χ0n) is 82.1. The number of alkyl halides is 3. The highest BCUT2D eigenvalue weighted by molar-refractivity contribution is 6.15. The molecule has 0 unspecified atom stereocenters. The molecule has 10 aromatic heterocycles. The molecule has 0 amide bonds. The number of aromatic carboxylic acids is 4. The summed E-state index contributed by atoms with van der Waals surface area (Å²) in [6.45, 7) is 16.6. The number of hydrogen-bond acceptors (Lipinski definition) is 30. The van der Waals surface area contributed by atoms with Crippen molar-refractivity contribution in [1.82, 2.24) is 84.6 Å². The number of carboxylic acids is 4. The Kier molecular flexibility index (Phi) is 31.8. The number of benzene rings is 10. The van der Waals surface area contributed by atoms with Gasteiger partial charge in [-0.1, -0.05) is 136 Å². The molecular formula is C113H103F3N24O10. The highest BCUT2D eigenvalue weighted by atomic mass is 19.4. The Morgan fingerprint density at radius 1 is 0.387 bits per heavy atom. The average molecular weight is 2010 g/mol. The van der Waals surface area contributed by atoms with Crippen molar-refractivity contribution < 1.29 is 62.3 Å². The zero-order valence-corrected chi connectivity index (χ0v) is 82.1. The number of pyridine rings is 5. The molecule has 1 aliphatic heterocycles. The number of ketones is 1. The van der Waals surface area contributed by atoms with E-state index >= 15 is 0 Å². The molecule has 0 atom stereocenters. The van der Waals surface area contributed by atoms with Crippen LogP contribution in [-0.2, 0) is 23.8 Å². The number of unbranched alkanes of at least 4 members (excludes halogenated alkanes) is 1. The van der Waals surface area contributed by atoms with E-state index in [0.717, 1.165) is 217 Å². The second-order valence-corrected chi connectivity index (χ2v) is 35.6. The molecule has 11 N–H and O–H groups in total. The van der Waals surface area contributed by atoms with Crippen molar-refractivity contribution in [2.24, 2.45) is 0 Å². The Morgan fingerprint density at radius 2 is 0.753 bits per heavy atom. The molecule has 2 aliphatic rings. The van der Waals surface area contributed by atoms with Gasteiger partial charge in [0.05, 0.1) is 68.6 Å². The highest BCUT2D eigenvalue weighted by Gasteiger charge is 2.31. The van der Waals surface area contributed by atoms with Crippen molar-refractivity contribution in [2.45, 2.75) is 91.3 Å². The monoisotopic (exact) mass is 2010 g/mol. The van der Waals surface area contributed by atoms with Crippen molar-refractivity contribution >= 4 is 208 Å². The van der Waals surface area contributed by atoms with E-state index in [1.807, 2.05) is 152 Å². The summed E-state index contributed by atoms with van der Waals surface area (Å²) in [5.74, 6) is 1.26. The lowest BCUT2D eigenvalue weighted by molar-refractivity contribution is -0.137. The van der Waals surface area contributed by atoms with E-state index in [9.17, 15) is 57.6 Å². The van der Waals surface area contributed by atoms with Gasteiger partial charge < -0.3 is 67.3 Å². The van der Waals surface area contributed by atoms with Crippen LogP contribution in [0.15, 0.2) is 274 Å². The minimum Gasteiger partial charge on any atom is -0.478 e. The summed E-state index contributed by atoms with van der Waals surface area (Å²) < 4.78 is 44.3. The number of ether oxygens (including phenoxy) is 1. The molecule has 1 saturated carbocycles. The maximum atomic E-state index is 13.0. The Morgan fingerprint density at radius 3 is 1.15 bits per heavy atom. The number of hydrogen-bond donors (Lipinski definition) is 11. The lowest BCUT2D eigenvalue weighted by Gasteiger charge is -2.26. The van der Waals surface area contributed by atoms with Crippen LogP contribution < -0.4 is 37.2 Å². The van der Waals surface area contributed by atoms with E-state index < -0.39 is 35.6 Å². The van der Waals surface area contributed by atoms with Crippen molar-refractivity contribution in [3.05, 3.63) is 319 Å². The predicted octanol–water partition coefficient (Wildman–Crippen LogP) is 22.9. The Hall–Kier alpha value is -18.2. The fourth-order valence-electron chi connectivity index (χ4n) is 17.2. The number of anilines is 12. The summed E-state index contributed by atoms with van der Waals surface area (Å²) in [7, 11) is 0. The van der Waals surface area contributed by atoms with Gasteiger partial charge in [-0.25, -0.2) is 93.9 Å². The molecule has 0 bridgehead atoms. The van der Waals surface area contributed by atoms with Crippen LogP contribution in [0.25, 0.3) is 109 Å². The number of nitrogens with one attached hydrogen (secondary N) is 7. The predicted molar refractivity (Wildman–Crippen MR) is 577 cm³/mol. The molecule has 37 heteroatoms. The van der Waals surface area contributed by atoms with Crippen LogP contribution in [0, 0.1) is 0 Å². The molecule has 1 saturated heterocycles. The first kappa shape index (κ1) is 102. The lowest BCUT2D eigenvalue weighted by atomic mass is 10.1. The van der Waals surface area contributed by atoms with Gasteiger partial charge in [0, 0.05) is 157 Å². The topological polar surface area (TPSA) is 460 Å². The van der Waals surface area contributed by atoms with Gasteiger partial charge in [0.25, 0.3) is 0 Å². The van der Waals surface area contributed by atoms with E-state index in [4.69, 9.17) is 29.7 Å². The van der Waals surface area contributed by atoms with E-state index in [0.29, 0.717) is 96.2 Å². The maximum Gasteiger partial charge on any atom is 0.416 e. The average Bonchev–Trinajstić information content (AvgIpc) is 0.939. The van der Waals surface area contributed by atoms with E-state index in [2.05, 4.69) is 118 Å². The number of carbonyl (C=O) groups excluding carboxylic acids is 1. The molecule has 0 spiro atoms. The first-order chi connectivity index (χ1) is 72.9. The van der Waals surface area contributed by atoms with Gasteiger partial charge in [-0.15, -0.1) is 0 Å². The first-order valence-electron chi connectivity index (χ1n) is 49.0. The number of carboxylic acid groups (broad SMARTS) is 4. The fourth-order valence-corrected chi connectivity index (χ4v) is 17.2. The van der Waals surface area contributed by atoms with Crippen LogP contribution in [0.4, 0.5) is 82.6 Å². The number of para-hydroxylation sites is 4. The summed E-state index contributed by atoms with van der Waals surface area (Å²) in [5, 5.41) is 68.0. The summed E-state index contributed by atoms with van der Waals surface area (Å²) in [4.78, 5) is 131. The molecule has 1 aliphatic carbocycles. The molecule has 2 fully saturated rings. The number of aromatic nitrogens is 15. The molecule has 34 nitrogen and oxygen atoms in total. The Labute approximate surface area is 856 Å². The van der Waals surface area contributed by atoms with Gasteiger partial charge in [-0.3, -0.25) is 9.69 Å². The van der Waals surface area contributed by atoms with Crippen molar-refractivity contribution in [3.8, 4) is 0 Å². The first-order valence-corrected chi connectivity index (χ1v) is 49.0. The number of carbonyl (C=O) groups is 5.